The van der Waals surface area contributed by atoms with E-state index < -0.39 is 0 Å². The molecule has 0 radical (unpaired) electrons. The number of hydrogen-bond acceptors (Lipinski definition) is 5. The summed E-state index contributed by atoms with van der Waals surface area (Å²) >= 11 is 0. The van der Waals surface area contributed by atoms with Crippen LogP contribution in [0.3, 0.4) is 0 Å². The fourth-order valence-electron chi connectivity index (χ4n) is 1.97. The summed E-state index contributed by atoms with van der Waals surface area (Å²) in [4.78, 5) is 24.3. The van der Waals surface area contributed by atoms with Gasteiger partial charge in [0.05, 0.1) is 6.54 Å². The summed E-state index contributed by atoms with van der Waals surface area (Å²) < 4.78 is 4.92. The third-order valence-electron chi connectivity index (χ3n) is 3.12. The Hall–Kier alpha value is -2.12. The van der Waals surface area contributed by atoms with Gasteiger partial charge >= 0.3 is 0 Å². The Labute approximate surface area is 131 Å². The molecule has 0 spiro atoms. The van der Waals surface area contributed by atoms with E-state index in [0.29, 0.717) is 43.9 Å². The summed E-state index contributed by atoms with van der Waals surface area (Å²) in [5.41, 5.74) is 0. The van der Waals surface area contributed by atoms with Crippen LogP contribution in [0.25, 0.3) is 0 Å². The van der Waals surface area contributed by atoms with Crippen LogP contribution in [0.4, 0.5) is 0 Å². The number of carbonyl (C=O) groups excluding carboxylic acids is 1. The van der Waals surface area contributed by atoms with E-state index in [2.05, 4.69) is 20.4 Å². The van der Waals surface area contributed by atoms with E-state index in [1.54, 1.807) is 16.7 Å². The zero-order valence-electron chi connectivity index (χ0n) is 14.1. The van der Waals surface area contributed by atoms with Crippen LogP contribution in [-0.2, 0) is 11.3 Å². The molecule has 0 bridgehead atoms. The van der Waals surface area contributed by atoms with Gasteiger partial charge in [-0.05, 0) is 20.8 Å². The molecule has 0 saturated heterocycles. The number of aryl methyl sites for hydroxylation is 1. The van der Waals surface area contributed by atoms with Crippen molar-refractivity contribution in [3.8, 4) is 0 Å². The van der Waals surface area contributed by atoms with E-state index in [1.165, 1.54) is 0 Å². The number of carbonyl (C=O) groups is 1. The van der Waals surface area contributed by atoms with Crippen molar-refractivity contribution in [3.63, 3.8) is 0 Å². The third-order valence-corrected chi connectivity index (χ3v) is 3.12. The number of guanidine groups is 1. The lowest BCUT2D eigenvalue weighted by atomic mass is 10.4. The van der Waals surface area contributed by atoms with Crippen molar-refractivity contribution >= 4 is 11.9 Å². The van der Waals surface area contributed by atoms with Gasteiger partial charge < -0.3 is 19.6 Å². The van der Waals surface area contributed by atoms with Gasteiger partial charge in [-0.1, -0.05) is 5.16 Å². The molecule has 0 aliphatic heterocycles. The Kier molecular flexibility index (Phi) is 7.34. The highest BCUT2D eigenvalue weighted by Crippen LogP contribution is 1.99. The standard InChI is InChI=1S/C14H26N6O2/c1-6-15-14(16-9-12-17-11(4)22-18-12)19(5)10-13(21)20(7-2)8-3/h6-10H2,1-5H3,(H,15,16). The first kappa shape index (κ1) is 17.9. The van der Waals surface area contributed by atoms with Crippen molar-refractivity contribution in [3.05, 3.63) is 11.7 Å². The average molecular weight is 310 g/mol. The number of nitrogens with zero attached hydrogens (tertiary/aromatic N) is 5. The normalized spacial score (nSPS) is 11.4. The van der Waals surface area contributed by atoms with Crippen LogP contribution in [0.5, 0.6) is 0 Å². The third kappa shape index (κ3) is 5.34. The van der Waals surface area contributed by atoms with Crippen LogP contribution in [-0.4, -0.2) is 65.0 Å². The fraction of sp³-hybridized carbons (Fsp3) is 0.714. The van der Waals surface area contributed by atoms with E-state index in [-0.39, 0.29) is 12.5 Å². The van der Waals surface area contributed by atoms with Gasteiger partial charge in [0.25, 0.3) is 0 Å². The van der Waals surface area contributed by atoms with Crippen LogP contribution >= 0.6 is 0 Å². The topological polar surface area (TPSA) is 86.9 Å². The Bertz CT molecular complexity index is 495. The summed E-state index contributed by atoms with van der Waals surface area (Å²) in [5.74, 6) is 1.76. The van der Waals surface area contributed by atoms with Crippen molar-refractivity contribution < 1.29 is 9.32 Å². The number of hydrogen-bond donors (Lipinski definition) is 1. The molecule has 0 saturated carbocycles. The highest BCUT2D eigenvalue weighted by atomic mass is 16.5. The van der Waals surface area contributed by atoms with Crippen LogP contribution < -0.4 is 5.32 Å². The number of aromatic nitrogens is 2. The Morgan fingerprint density at radius 1 is 1.32 bits per heavy atom. The molecule has 0 atom stereocenters. The molecular formula is C14H26N6O2. The second kappa shape index (κ2) is 9.01. The van der Waals surface area contributed by atoms with E-state index in [9.17, 15) is 4.79 Å². The maximum absolute atomic E-state index is 12.2. The molecule has 22 heavy (non-hydrogen) atoms. The lowest BCUT2D eigenvalue weighted by Crippen LogP contribution is -2.45. The van der Waals surface area contributed by atoms with Crippen LogP contribution in [0.1, 0.15) is 32.5 Å². The molecule has 1 amide bonds. The van der Waals surface area contributed by atoms with Crippen molar-refractivity contribution in [1.82, 2.24) is 25.3 Å². The highest BCUT2D eigenvalue weighted by Gasteiger charge is 2.15. The predicted octanol–water partition coefficient (Wildman–Crippen LogP) is 0.644. The molecule has 1 N–H and O–H groups in total. The first-order valence-electron chi connectivity index (χ1n) is 7.58. The van der Waals surface area contributed by atoms with Gasteiger partial charge in [0, 0.05) is 33.6 Å². The number of likely N-dealkylation sites (N-methyl/N-ethyl adjacent to an activating group) is 2. The lowest BCUT2D eigenvalue weighted by molar-refractivity contribution is -0.131. The van der Waals surface area contributed by atoms with Gasteiger partial charge in [-0.25, -0.2) is 4.99 Å². The number of nitrogens with one attached hydrogen (secondary N) is 1. The summed E-state index contributed by atoms with van der Waals surface area (Å²) in [6.07, 6.45) is 0. The molecule has 0 unspecified atom stereocenters. The van der Waals surface area contributed by atoms with Gasteiger partial charge in [0.15, 0.2) is 11.8 Å². The Balaban J connectivity index is 2.69. The molecule has 0 fully saturated rings. The molecule has 0 aromatic carbocycles. The minimum atomic E-state index is 0.0773. The summed E-state index contributed by atoms with van der Waals surface area (Å²) in [5, 5.41) is 6.97. The molecule has 1 heterocycles. The van der Waals surface area contributed by atoms with Crippen molar-refractivity contribution in [1.29, 1.82) is 0 Å². The average Bonchev–Trinajstić information content (AvgIpc) is 2.90. The molecule has 0 aliphatic rings. The Morgan fingerprint density at radius 2 is 2.00 bits per heavy atom. The molecule has 8 nitrogen and oxygen atoms in total. The van der Waals surface area contributed by atoms with Crippen molar-refractivity contribution in [2.24, 2.45) is 4.99 Å². The van der Waals surface area contributed by atoms with Crippen molar-refractivity contribution in [2.45, 2.75) is 34.2 Å². The van der Waals surface area contributed by atoms with Gasteiger partial charge in [-0.15, -0.1) is 0 Å². The maximum atomic E-state index is 12.2. The van der Waals surface area contributed by atoms with Gasteiger partial charge in [-0.2, -0.15) is 4.98 Å². The number of amides is 1. The van der Waals surface area contributed by atoms with Crippen molar-refractivity contribution in [2.75, 3.05) is 33.2 Å². The second-order valence-corrected chi connectivity index (χ2v) is 4.82. The monoisotopic (exact) mass is 310 g/mol. The van der Waals surface area contributed by atoms with Gasteiger partial charge in [-0.3, -0.25) is 4.79 Å². The van der Waals surface area contributed by atoms with Gasteiger partial charge in [0.1, 0.15) is 6.54 Å². The summed E-state index contributed by atoms with van der Waals surface area (Å²) in [6, 6.07) is 0. The predicted molar refractivity (Wildman–Crippen MR) is 84.4 cm³/mol. The van der Waals surface area contributed by atoms with Crippen LogP contribution in [0, 0.1) is 6.92 Å². The van der Waals surface area contributed by atoms with E-state index in [1.807, 2.05) is 27.8 Å². The zero-order chi connectivity index (χ0) is 16.5. The fourth-order valence-corrected chi connectivity index (χ4v) is 1.97. The molecule has 8 heteroatoms. The first-order valence-corrected chi connectivity index (χ1v) is 7.58. The van der Waals surface area contributed by atoms with Crippen LogP contribution in [0.2, 0.25) is 0 Å². The van der Waals surface area contributed by atoms with E-state index >= 15 is 0 Å². The molecule has 124 valence electrons. The van der Waals surface area contributed by atoms with Crippen LogP contribution in [0.15, 0.2) is 9.52 Å². The van der Waals surface area contributed by atoms with Gasteiger partial charge in [0.2, 0.25) is 11.8 Å². The minimum absolute atomic E-state index is 0.0773. The maximum Gasteiger partial charge on any atom is 0.242 e. The zero-order valence-corrected chi connectivity index (χ0v) is 14.1. The highest BCUT2D eigenvalue weighted by molar-refractivity contribution is 5.86. The largest absolute Gasteiger partial charge is 0.357 e. The number of rotatable bonds is 7. The van der Waals surface area contributed by atoms with E-state index in [4.69, 9.17) is 4.52 Å². The summed E-state index contributed by atoms with van der Waals surface area (Å²) in [7, 11) is 1.84. The minimum Gasteiger partial charge on any atom is -0.357 e. The molecule has 1 aromatic heterocycles. The molecule has 1 aromatic rings. The van der Waals surface area contributed by atoms with E-state index in [0.717, 1.165) is 0 Å². The molecule has 1 rings (SSSR count). The smallest absolute Gasteiger partial charge is 0.242 e. The first-order chi connectivity index (χ1) is 10.5. The molecular weight excluding hydrogens is 284 g/mol. The molecule has 0 aliphatic carbocycles. The second-order valence-electron chi connectivity index (χ2n) is 4.82. The lowest BCUT2D eigenvalue weighted by Gasteiger charge is -2.25. The Morgan fingerprint density at radius 3 is 2.50 bits per heavy atom. The quantitative estimate of drug-likeness (QED) is 0.587. The SMILES string of the molecule is CCNC(=NCc1noc(C)n1)N(C)CC(=O)N(CC)CC. The summed E-state index contributed by atoms with van der Waals surface area (Å²) in [6.45, 7) is 10.4. The number of aliphatic imine (C=N–C) groups is 1.